The molecule has 3 heterocycles. The molecular weight excluding hydrogens is 416 g/mol. The summed E-state index contributed by atoms with van der Waals surface area (Å²) in [6.45, 7) is 8.60. The molecule has 2 saturated heterocycles. The van der Waals surface area contributed by atoms with E-state index in [0.29, 0.717) is 11.8 Å². The van der Waals surface area contributed by atoms with Crippen LogP contribution in [-0.2, 0) is 6.42 Å². The molecule has 3 fully saturated rings. The summed E-state index contributed by atoms with van der Waals surface area (Å²) in [7, 11) is 2.02. The van der Waals surface area contributed by atoms with Gasteiger partial charge in [-0.1, -0.05) is 43.0 Å². The van der Waals surface area contributed by atoms with Crippen LogP contribution in [0.2, 0.25) is 0 Å². The molecule has 2 atom stereocenters. The van der Waals surface area contributed by atoms with Crippen molar-refractivity contribution in [3.8, 4) is 11.3 Å². The fourth-order valence-electron chi connectivity index (χ4n) is 5.92. The maximum Gasteiger partial charge on any atom is 0.0733 e. The van der Waals surface area contributed by atoms with Crippen molar-refractivity contribution in [1.29, 1.82) is 0 Å². The Morgan fingerprint density at radius 2 is 1.91 bits per heavy atom. The summed E-state index contributed by atoms with van der Waals surface area (Å²) in [4.78, 5) is 7.79. The first-order chi connectivity index (χ1) is 16.7. The SMILES string of the molecule is C=C1NCCC2CN(c3cc(-c4ccc(CCCNC)cc4)nc4cc(C5CC5)ccc34)CC12. The third-order valence-electron chi connectivity index (χ3n) is 8.10. The van der Waals surface area contributed by atoms with Gasteiger partial charge in [0.15, 0.2) is 0 Å². The topological polar surface area (TPSA) is 40.2 Å². The lowest BCUT2D eigenvalue weighted by Crippen LogP contribution is -2.33. The molecular formula is C30H36N4. The predicted molar refractivity (Wildman–Crippen MR) is 142 cm³/mol. The number of piperidine rings is 1. The van der Waals surface area contributed by atoms with Crippen LogP contribution in [0.25, 0.3) is 22.2 Å². The summed E-state index contributed by atoms with van der Waals surface area (Å²) >= 11 is 0. The molecule has 1 aromatic heterocycles. The number of hydrogen-bond acceptors (Lipinski definition) is 4. The summed E-state index contributed by atoms with van der Waals surface area (Å²) < 4.78 is 0. The van der Waals surface area contributed by atoms with Gasteiger partial charge in [-0.3, -0.25) is 0 Å². The molecule has 0 bridgehead atoms. The number of pyridine rings is 1. The fourth-order valence-corrected chi connectivity index (χ4v) is 5.92. The number of nitrogens with one attached hydrogen (secondary N) is 2. The van der Waals surface area contributed by atoms with E-state index in [1.165, 1.54) is 52.7 Å². The Labute approximate surface area is 203 Å². The number of rotatable bonds is 7. The molecule has 1 aliphatic carbocycles. The van der Waals surface area contributed by atoms with Crippen molar-refractivity contribution in [3.63, 3.8) is 0 Å². The van der Waals surface area contributed by atoms with E-state index in [4.69, 9.17) is 4.98 Å². The molecule has 3 aromatic rings. The van der Waals surface area contributed by atoms with Crippen molar-refractivity contribution in [2.24, 2.45) is 11.8 Å². The number of aryl methyl sites for hydroxylation is 1. The van der Waals surface area contributed by atoms with Gasteiger partial charge in [-0.15, -0.1) is 0 Å². The minimum absolute atomic E-state index is 0.544. The van der Waals surface area contributed by atoms with Gasteiger partial charge in [0.1, 0.15) is 0 Å². The van der Waals surface area contributed by atoms with E-state index in [0.717, 1.165) is 56.1 Å². The summed E-state index contributed by atoms with van der Waals surface area (Å²) in [5.74, 6) is 1.98. The van der Waals surface area contributed by atoms with E-state index in [-0.39, 0.29) is 0 Å². The van der Waals surface area contributed by atoms with E-state index >= 15 is 0 Å². The first kappa shape index (κ1) is 21.7. The van der Waals surface area contributed by atoms with Crippen molar-refractivity contribution >= 4 is 16.6 Å². The van der Waals surface area contributed by atoms with Crippen LogP contribution in [0.15, 0.2) is 60.8 Å². The van der Waals surface area contributed by atoms with Crippen molar-refractivity contribution in [3.05, 3.63) is 71.9 Å². The Bertz CT molecular complexity index is 1190. The van der Waals surface area contributed by atoms with Gasteiger partial charge >= 0.3 is 0 Å². The molecule has 2 aliphatic heterocycles. The molecule has 4 heteroatoms. The molecule has 34 heavy (non-hydrogen) atoms. The standard InChI is InChI=1S/C30H36N4/c1-20-27-19-34(18-25(27)13-15-32-20)30-17-28(23-7-5-21(6-8-23)4-3-14-31-2)33-29-16-24(22-9-10-22)11-12-26(29)30/h5-8,11-12,16-17,22,25,27,31-32H,1,3-4,9-10,13-15,18-19H2,2H3. The lowest BCUT2D eigenvalue weighted by Gasteiger charge is -2.27. The van der Waals surface area contributed by atoms with Crippen molar-refractivity contribution < 1.29 is 0 Å². The largest absolute Gasteiger partial charge is 0.389 e. The number of hydrogen-bond donors (Lipinski definition) is 2. The van der Waals surface area contributed by atoms with E-state index in [2.05, 4.69) is 70.6 Å². The molecule has 4 nitrogen and oxygen atoms in total. The fraction of sp³-hybridized carbons (Fsp3) is 0.433. The minimum atomic E-state index is 0.544. The highest BCUT2D eigenvalue weighted by Crippen LogP contribution is 2.43. The Hall–Kier alpha value is -2.85. The van der Waals surface area contributed by atoms with Crippen LogP contribution in [-0.4, -0.2) is 38.2 Å². The maximum atomic E-state index is 5.19. The van der Waals surface area contributed by atoms with Crippen molar-refractivity contribution in [1.82, 2.24) is 15.6 Å². The van der Waals surface area contributed by atoms with Crippen LogP contribution < -0.4 is 15.5 Å². The molecule has 6 rings (SSSR count). The average Bonchev–Trinajstić information content (AvgIpc) is 3.62. The van der Waals surface area contributed by atoms with Gasteiger partial charge in [-0.05, 0) is 80.8 Å². The zero-order valence-electron chi connectivity index (χ0n) is 20.3. The normalized spacial score (nSPS) is 22.1. The Morgan fingerprint density at radius 1 is 1.06 bits per heavy atom. The smallest absolute Gasteiger partial charge is 0.0733 e. The molecule has 0 radical (unpaired) electrons. The summed E-state index contributed by atoms with van der Waals surface area (Å²) in [6.07, 6.45) is 6.14. The molecule has 0 spiro atoms. The highest BCUT2D eigenvalue weighted by molar-refractivity contribution is 5.95. The van der Waals surface area contributed by atoms with Crippen LogP contribution in [0.3, 0.4) is 0 Å². The van der Waals surface area contributed by atoms with Crippen LogP contribution in [0.1, 0.15) is 42.7 Å². The number of fused-ring (bicyclic) bond motifs is 2. The molecule has 2 N–H and O–H groups in total. The molecule has 1 saturated carbocycles. The second-order valence-corrected chi connectivity index (χ2v) is 10.5. The van der Waals surface area contributed by atoms with Crippen molar-refractivity contribution in [2.45, 2.75) is 38.0 Å². The summed E-state index contributed by atoms with van der Waals surface area (Å²) in [5.41, 5.74) is 8.84. The van der Waals surface area contributed by atoms with Crippen LogP contribution in [0.5, 0.6) is 0 Å². The number of nitrogens with zero attached hydrogens (tertiary/aromatic N) is 2. The number of benzene rings is 2. The summed E-state index contributed by atoms with van der Waals surface area (Å²) in [6, 6.07) is 18.4. The third-order valence-corrected chi connectivity index (χ3v) is 8.10. The molecule has 176 valence electrons. The molecule has 3 aliphatic rings. The van der Waals surface area contributed by atoms with Gasteiger partial charge in [-0.2, -0.15) is 0 Å². The number of aromatic nitrogens is 1. The van der Waals surface area contributed by atoms with E-state index in [9.17, 15) is 0 Å². The van der Waals surface area contributed by atoms with E-state index < -0.39 is 0 Å². The lowest BCUT2D eigenvalue weighted by molar-refractivity contribution is 0.372. The zero-order chi connectivity index (χ0) is 23.1. The highest BCUT2D eigenvalue weighted by Gasteiger charge is 2.37. The quantitative estimate of drug-likeness (QED) is 0.465. The van der Waals surface area contributed by atoms with Crippen LogP contribution >= 0.6 is 0 Å². The van der Waals surface area contributed by atoms with Gasteiger partial charge in [0.2, 0.25) is 0 Å². The first-order valence-electron chi connectivity index (χ1n) is 13.1. The second-order valence-electron chi connectivity index (χ2n) is 10.5. The van der Waals surface area contributed by atoms with Gasteiger partial charge in [0.05, 0.1) is 11.2 Å². The van der Waals surface area contributed by atoms with Gasteiger partial charge in [0.25, 0.3) is 0 Å². The average molecular weight is 453 g/mol. The van der Waals surface area contributed by atoms with Gasteiger partial charge in [-0.25, -0.2) is 4.98 Å². The predicted octanol–water partition coefficient (Wildman–Crippen LogP) is 5.49. The monoisotopic (exact) mass is 452 g/mol. The maximum absolute atomic E-state index is 5.19. The highest BCUT2D eigenvalue weighted by atomic mass is 15.2. The van der Waals surface area contributed by atoms with Crippen LogP contribution in [0, 0.1) is 11.8 Å². The zero-order valence-corrected chi connectivity index (χ0v) is 20.3. The Morgan fingerprint density at radius 3 is 2.68 bits per heavy atom. The van der Waals surface area contributed by atoms with Crippen molar-refractivity contribution in [2.75, 3.05) is 38.1 Å². The molecule has 0 amide bonds. The van der Waals surface area contributed by atoms with E-state index in [1.54, 1.807) is 0 Å². The number of anilines is 1. The minimum Gasteiger partial charge on any atom is -0.389 e. The second kappa shape index (κ2) is 9.07. The lowest BCUT2D eigenvalue weighted by atomic mass is 9.87. The Balaban J connectivity index is 1.37. The Kier molecular flexibility index (Phi) is 5.78. The van der Waals surface area contributed by atoms with Gasteiger partial charge < -0.3 is 15.5 Å². The summed E-state index contributed by atoms with van der Waals surface area (Å²) in [5, 5.41) is 8.04. The van der Waals surface area contributed by atoms with Gasteiger partial charge in [0, 0.05) is 47.9 Å². The van der Waals surface area contributed by atoms with E-state index in [1.807, 2.05) is 7.05 Å². The molecule has 2 unspecified atom stereocenters. The third kappa shape index (κ3) is 4.20. The van der Waals surface area contributed by atoms with Crippen LogP contribution in [0.4, 0.5) is 5.69 Å². The molecule has 2 aromatic carbocycles. The first-order valence-corrected chi connectivity index (χ1v) is 13.1.